The second-order valence-electron chi connectivity index (χ2n) is 6.33. The fourth-order valence-corrected chi connectivity index (χ4v) is 3.47. The van der Waals surface area contributed by atoms with Crippen LogP contribution in [0.15, 0.2) is 0 Å². The highest BCUT2D eigenvalue weighted by Crippen LogP contribution is 2.49. The van der Waals surface area contributed by atoms with Crippen LogP contribution in [0.2, 0.25) is 0 Å². The summed E-state index contributed by atoms with van der Waals surface area (Å²) in [4.78, 5) is 0. The van der Waals surface area contributed by atoms with E-state index in [1.165, 1.54) is 0 Å². The molecule has 0 spiro atoms. The lowest BCUT2D eigenvalue weighted by Crippen LogP contribution is -2.69. The monoisotopic (exact) mass is 624 g/mol. The first-order chi connectivity index (χ1) is 16.1. The topological polar surface area (TPSA) is 36.9 Å². The van der Waals surface area contributed by atoms with E-state index in [0.29, 0.717) is 0 Å². The Morgan fingerprint density at radius 2 is 0.459 bits per heavy atom. The van der Waals surface area contributed by atoms with Crippen LogP contribution in [0.25, 0.3) is 0 Å². The predicted octanol–water partition coefficient (Wildman–Crippen LogP) is 6.28. The summed E-state index contributed by atoms with van der Waals surface area (Å²) in [5.41, 5.74) is 0. The zero-order valence-electron chi connectivity index (χ0n) is 16.5. The fourth-order valence-electron chi connectivity index (χ4n) is 1.36. The highest BCUT2D eigenvalue weighted by atomic mass is 28.4. The van der Waals surface area contributed by atoms with Crippen molar-refractivity contribution >= 4 is 9.05 Å². The Labute approximate surface area is 190 Å². The molecule has 0 amide bonds. The Hall–Kier alpha value is -1.34. The van der Waals surface area contributed by atoms with E-state index >= 15 is 0 Å². The third-order valence-corrected chi connectivity index (χ3v) is 5.41. The lowest BCUT2D eigenvalue weighted by atomic mass is 10.3. The Kier molecular flexibility index (Phi) is 10.3. The molecule has 0 heterocycles. The van der Waals surface area contributed by atoms with Crippen molar-refractivity contribution in [1.82, 2.24) is 0 Å². The molecule has 0 aromatic carbocycles. The van der Waals surface area contributed by atoms with E-state index in [1.54, 1.807) is 0 Å². The highest BCUT2D eigenvalue weighted by molar-refractivity contribution is 6.54. The van der Waals surface area contributed by atoms with E-state index < -0.39 is 83.9 Å². The molecule has 4 nitrogen and oxygen atoms in total. The van der Waals surface area contributed by atoms with Gasteiger partial charge in [-0.2, -0.15) is 70.2 Å². The maximum atomic E-state index is 13.6. The van der Waals surface area contributed by atoms with Gasteiger partial charge in [0.15, 0.2) is 26.7 Å². The van der Waals surface area contributed by atoms with Crippen molar-refractivity contribution in [3.8, 4) is 0 Å². The molecule has 0 saturated carbocycles. The predicted molar refractivity (Wildman–Crippen MR) is 73.6 cm³/mol. The van der Waals surface area contributed by atoms with Crippen molar-refractivity contribution in [2.24, 2.45) is 0 Å². The van der Waals surface area contributed by atoms with Gasteiger partial charge in [0.2, 0.25) is 0 Å². The first kappa shape index (κ1) is 35.7. The van der Waals surface area contributed by atoms with E-state index in [9.17, 15) is 87.8 Å². The minimum Gasteiger partial charge on any atom is -0.285 e. The van der Waals surface area contributed by atoms with Crippen LogP contribution in [0.5, 0.6) is 0 Å². The zero-order valence-corrected chi connectivity index (χ0v) is 17.5. The van der Waals surface area contributed by atoms with Gasteiger partial charge in [-0.3, -0.25) is 17.7 Å². The first-order valence-corrected chi connectivity index (χ1v) is 9.77. The van der Waals surface area contributed by atoms with Gasteiger partial charge in [-0.15, -0.1) is 0 Å². The molecule has 25 heteroatoms. The number of rotatable bonds is 16. The maximum absolute atomic E-state index is 13.6. The molecule has 0 aromatic rings. The van der Waals surface area contributed by atoms with Crippen molar-refractivity contribution < 1.29 is 106 Å². The van der Waals surface area contributed by atoms with Gasteiger partial charge in [-0.25, -0.2) is 17.6 Å². The largest absolute Gasteiger partial charge is 0.697 e. The highest BCUT2D eigenvalue weighted by Gasteiger charge is 2.79. The second kappa shape index (κ2) is 10.7. The maximum Gasteiger partial charge on any atom is 0.697 e. The molecule has 0 aliphatic carbocycles. The molecule has 0 aromatic heterocycles. The minimum absolute atomic E-state index is 2.15. The van der Waals surface area contributed by atoms with Gasteiger partial charge in [0, 0.05) is 0 Å². The number of halogens is 20. The van der Waals surface area contributed by atoms with Crippen LogP contribution in [0, 0.1) is 0 Å². The van der Waals surface area contributed by atoms with Crippen molar-refractivity contribution in [2.75, 3.05) is 26.7 Å². The van der Waals surface area contributed by atoms with Crippen LogP contribution < -0.4 is 0 Å². The van der Waals surface area contributed by atoms with Crippen molar-refractivity contribution in [1.29, 1.82) is 0 Å². The van der Waals surface area contributed by atoms with Crippen LogP contribution in [0.4, 0.5) is 87.8 Å². The molecule has 0 unspecified atom stereocenters. The summed E-state index contributed by atoms with van der Waals surface area (Å²) >= 11 is 0. The smallest absolute Gasteiger partial charge is 0.285 e. The first-order valence-electron chi connectivity index (χ1n) is 8.14. The third-order valence-electron chi connectivity index (χ3n) is 3.39. The van der Waals surface area contributed by atoms with E-state index in [1.807, 2.05) is 0 Å². The summed E-state index contributed by atoms with van der Waals surface area (Å²) in [7, 11) is -9.43. The molecule has 0 radical (unpaired) electrons. The SMILES string of the molecule is FCC(F)(F)C(F)(F)O[Si](OC(F)(F)C(F)(F)CF)(OC(F)(F)C(F)(F)CF)OC(F)(F)C(F)(F)CF. The zero-order chi connectivity index (χ0) is 30.2. The van der Waals surface area contributed by atoms with Crippen LogP contribution >= 0.6 is 0 Å². The normalized spacial score (nSPS) is 15.9. The van der Waals surface area contributed by atoms with Gasteiger partial charge in [-0.1, -0.05) is 0 Å². The molecule has 0 aliphatic heterocycles. The van der Waals surface area contributed by atoms with Crippen molar-refractivity contribution in [3.05, 3.63) is 0 Å². The van der Waals surface area contributed by atoms with Crippen LogP contribution in [-0.4, -0.2) is 83.9 Å². The number of alkyl halides is 20. The molecule has 224 valence electrons. The number of hydrogen-bond acceptors (Lipinski definition) is 4. The summed E-state index contributed by atoms with van der Waals surface area (Å²) in [5, 5.41) is 0. The summed E-state index contributed by atoms with van der Waals surface area (Å²) < 4.78 is 271. The van der Waals surface area contributed by atoms with E-state index in [2.05, 4.69) is 17.7 Å². The van der Waals surface area contributed by atoms with E-state index in [4.69, 9.17) is 0 Å². The van der Waals surface area contributed by atoms with Crippen molar-refractivity contribution in [3.63, 3.8) is 0 Å². The molecular formula is C12H8F20O4Si. The molecule has 0 N–H and O–H groups in total. The Morgan fingerprint density at radius 1 is 0.324 bits per heavy atom. The molecule has 0 saturated heterocycles. The van der Waals surface area contributed by atoms with Gasteiger partial charge >= 0.3 is 57.2 Å². The standard InChI is InChI=1S/C12H8F20O4Si/c13-1-5(17,18)9(25,26)33-37(34-10(27,28)6(19,20)2-14,35-11(29,30)7(21,22)3-15)36-12(31,32)8(23,24)4-16/h1-4H2. The van der Waals surface area contributed by atoms with Gasteiger partial charge in [0.25, 0.3) is 0 Å². The van der Waals surface area contributed by atoms with Crippen LogP contribution in [0.1, 0.15) is 0 Å². The molecular weight excluding hydrogens is 616 g/mol. The summed E-state index contributed by atoms with van der Waals surface area (Å²) in [5.74, 6) is -26.6. The minimum atomic E-state index is -9.43. The molecule has 0 atom stereocenters. The Morgan fingerprint density at radius 3 is 0.568 bits per heavy atom. The quantitative estimate of drug-likeness (QED) is 0.150. The van der Waals surface area contributed by atoms with Crippen LogP contribution in [0.3, 0.4) is 0 Å². The van der Waals surface area contributed by atoms with Gasteiger partial charge in [-0.05, 0) is 0 Å². The summed E-state index contributed by atoms with van der Waals surface area (Å²) in [6.45, 7) is -15.2. The average molecular weight is 624 g/mol. The Bertz CT molecular complexity index is 634. The lowest BCUT2D eigenvalue weighted by Gasteiger charge is -2.40. The fraction of sp³-hybridized carbons (Fsp3) is 1.00. The van der Waals surface area contributed by atoms with Crippen LogP contribution in [-0.2, 0) is 17.7 Å². The Balaban J connectivity index is 7.45. The summed E-state index contributed by atoms with van der Waals surface area (Å²) in [6, 6.07) is 0. The molecule has 0 fully saturated rings. The lowest BCUT2D eigenvalue weighted by molar-refractivity contribution is -0.422. The van der Waals surface area contributed by atoms with E-state index in [0.717, 1.165) is 0 Å². The summed E-state index contributed by atoms with van der Waals surface area (Å²) in [6.07, 6.45) is -29.1. The molecule has 37 heavy (non-hydrogen) atoms. The number of hydrogen-bond donors (Lipinski definition) is 0. The second-order valence-corrected chi connectivity index (χ2v) is 8.14. The average Bonchev–Trinajstić information content (AvgIpc) is 2.71. The molecule has 0 bridgehead atoms. The van der Waals surface area contributed by atoms with Crippen molar-refractivity contribution in [2.45, 2.75) is 48.1 Å². The molecule has 0 aliphatic rings. The molecule has 0 rings (SSSR count). The van der Waals surface area contributed by atoms with Gasteiger partial charge < -0.3 is 0 Å². The van der Waals surface area contributed by atoms with E-state index in [-0.39, 0.29) is 0 Å². The van der Waals surface area contributed by atoms with Gasteiger partial charge in [0.1, 0.15) is 0 Å². The third kappa shape index (κ3) is 7.40. The van der Waals surface area contributed by atoms with Gasteiger partial charge in [0.05, 0.1) is 0 Å².